The summed E-state index contributed by atoms with van der Waals surface area (Å²) in [6.07, 6.45) is -0.0164. The van der Waals surface area contributed by atoms with Gasteiger partial charge < -0.3 is 19.5 Å². The van der Waals surface area contributed by atoms with Crippen molar-refractivity contribution in [2.75, 3.05) is 11.9 Å². The van der Waals surface area contributed by atoms with Crippen LogP contribution in [0.2, 0.25) is 0 Å². The number of aryl methyl sites for hydroxylation is 1. The molecule has 1 aromatic heterocycles. The van der Waals surface area contributed by atoms with Crippen LogP contribution in [0.3, 0.4) is 0 Å². The number of carbonyl (C=O) groups excluding carboxylic acids is 1. The number of ether oxygens (including phenoxy) is 3. The third-order valence-electron chi connectivity index (χ3n) is 4.71. The van der Waals surface area contributed by atoms with E-state index in [1.807, 2.05) is 77.1 Å². The zero-order valence-electron chi connectivity index (χ0n) is 19.2. The summed E-state index contributed by atoms with van der Waals surface area (Å²) < 4.78 is 17.2. The Hall–Kier alpha value is -3.38. The second kappa shape index (κ2) is 10.8. The molecule has 6 nitrogen and oxygen atoms in total. The maximum Gasteiger partial charge on any atom is 0.257 e. The molecule has 1 unspecified atom stereocenters. The van der Waals surface area contributed by atoms with Crippen molar-refractivity contribution in [3.8, 4) is 17.2 Å². The summed E-state index contributed by atoms with van der Waals surface area (Å²) in [6, 6.07) is 18.3. The highest BCUT2D eigenvalue weighted by atomic mass is 16.5. The van der Waals surface area contributed by atoms with E-state index < -0.39 is 0 Å². The second-order valence-corrected chi connectivity index (χ2v) is 7.69. The predicted octanol–water partition coefficient (Wildman–Crippen LogP) is 6.32. The Labute approximate surface area is 189 Å². The van der Waals surface area contributed by atoms with E-state index in [0.717, 1.165) is 11.4 Å². The van der Waals surface area contributed by atoms with Gasteiger partial charge in [-0.15, -0.1) is 0 Å². The van der Waals surface area contributed by atoms with Gasteiger partial charge in [-0.05, 0) is 83.1 Å². The topological polar surface area (TPSA) is 69.7 Å². The molecule has 0 bridgehead atoms. The Kier molecular flexibility index (Phi) is 7.84. The van der Waals surface area contributed by atoms with E-state index in [1.165, 1.54) is 0 Å². The Balaban J connectivity index is 1.64. The number of hydrogen-bond donors (Lipinski definition) is 1. The molecule has 1 N–H and O–H groups in total. The monoisotopic (exact) mass is 434 g/mol. The summed E-state index contributed by atoms with van der Waals surface area (Å²) in [4.78, 5) is 17.2. The fourth-order valence-corrected chi connectivity index (χ4v) is 3.21. The average molecular weight is 435 g/mol. The van der Waals surface area contributed by atoms with Crippen LogP contribution in [0, 0.1) is 6.92 Å². The third kappa shape index (κ3) is 6.31. The molecule has 1 amide bonds. The van der Waals surface area contributed by atoms with Gasteiger partial charge in [-0.25, -0.2) is 0 Å². The first kappa shape index (κ1) is 23.3. The summed E-state index contributed by atoms with van der Waals surface area (Å²) in [5, 5.41) is 2.91. The number of amides is 1. The second-order valence-electron chi connectivity index (χ2n) is 7.69. The van der Waals surface area contributed by atoms with Crippen LogP contribution >= 0.6 is 0 Å². The van der Waals surface area contributed by atoms with Crippen LogP contribution in [-0.4, -0.2) is 23.6 Å². The lowest BCUT2D eigenvalue weighted by Crippen LogP contribution is -2.15. The van der Waals surface area contributed by atoms with Crippen molar-refractivity contribution < 1.29 is 19.0 Å². The van der Waals surface area contributed by atoms with E-state index in [2.05, 4.69) is 10.3 Å². The molecule has 0 saturated carbocycles. The number of nitrogens with zero attached hydrogens (tertiary/aromatic N) is 1. The quantitative estimate of drug-likeness (QED) is 0.427. The van der Waals surface area contributed by atoms with E-state index in [-0.39, 0.29) is 18.1 Å². The zero-order valence-corrected chi connectivity index (χ0v) is 19.2. The maximum atomic E-state index is 12.7. The van der Waals surface area contributed by atoms with Gasteiger partial charge in [0.25, 0.3) is 5.91 Å². The minimum atomic E-state index is -0.210. The highest BCUT2D eigenvalue weighted by Gasteiger charge is 2.14. The number of aromatic nitrogens is 1. The van der Waals surface area contributed by atoms with Crippen molar-refractivity contribution >= 4 is 11.6 Å². The van der Waals surface area contributed by atoms with Gasteiger partial charge in [0.2, 0.25) is 0 Å². The molecule has 168 valence electrons. The Morgan fingerprint density at radius 1 is 0.969 bits per heavy atom. The molecule has 0 radical (unpaired) electrons. The summed E-state index contributed by atoms with van der Waals surface area (Å²) in [7, 11) is 0. The van der Waals surface area contributed by atoms with Crippen molar-refractivity contribution in [3.05, 3.63) is 77.6 Å². The number of rotatable bonds is 9. The molecule has 0 aliphatic carbocycles. The minimum absolute atomic E-state index is 0.0938. The van der Waals surface area contributed by atoms with E-state index in [9.17, 15) is 4.79 Å². The van der Waals surface area contributed by atoms with Gasteiger partial charge >= 0.3 is 0 Å². The summed E-state index contributed by atoms with van der Waals surface area (Å²) in [6.45, 7) is 10.3. The van der Waals surface area contributed by atoms with Crippen LogP contribution in [0.1, 0.15) is 55.5 Å². The molecular weight excluding hydrogens is 404 g/mol. The van der Waals surface area contributed by atoms with Crippen LogP contribution in [-0.2, 0) is 4.74 Å². The molecule has 0 spiro atoms. The first-order valence-electron chi connectivity index (χ1n) is 10.8. The molecule has 3 rings (SSSR count). The van der Waals surface area contributed by atoms with Gasteiger partial charge in [-0.1, -0.05) is 6.07 Å². The highest BCUT2D eigenvalue weighted by Crippen LogP contribution is 2.27. The van der Waals surface area contributed by atoms with E-state index >= 15 is 0 Å². The molecule has 0 aliphatic heterocycles. The molecule has 1 atom stereocenters. The zero-order chi connectivity index (χ0) is 23.1. The number of hydrogen-bond acceptors (Lipinski definition) is 5. The van der Waals surface area contributed by atoms with Crippen molar-refractivity contribution in [2.45, 2.75) is 46.8 Å². The molecule has 0 fully saturated rings. The molecule has 2 aromatic carbocycles. The first-order chi connectivity index (χ1) is 15.4. The SMILES string of the molecule is CCOC(C)c1ccc(C(=O)Nc2ccc(Oc3cccc(OC(C)C)c3)cc2)c(C)n1. The van der Waals surface area contributed by atoms with Crippen LogP contribution in [0.25, 0.3) is 0 Å². The number of nitrogens with one attached hydrogen (secondary N) is 1. The van der Waals surface area contributed by atoms with Crippen LogP contribution < -0.4 is 14.8 Å². The van der Waals surface area contributed by atoms with Crippen molar-refractivity contribution in [2.24, 2.45) is 0 Å². The molecule has 3 aromatic rings. The largest absolute Gasteiger partial charge is 0.491 e. The molecule has 32 heavy (non-hydrogen) atoms. The molecule has 1 heterocycles. The summed E-state index contributed by atoms with van der Waals surface area (Å²) in [5.41, 5.74) is 2.67. The normalized spacial score (nSPS) is 11.8. The van der Waals surface area contributed by atoms with E-state index in [0.29, 0.717) is 35.1 Å². The lowest BCUT2D eigenvalue weighted by molar-refractivity contribution is 0.0732. The van der Waals surface area contributed by atoms with Crippen molar-refractivity contribution in [3.63, 3.8) is 0 Å². The number of pyridine rings is 1. The summed E-state index contributed by atoms with van der Waals surface area (Å²) in [5.74, 6) is 1.89. The molecular formula is C26H30N2O4. The Morgan fingerprint density at radius 2 is 1.69 bits per heavy atom. The fourth-order valence-electron chi connectivity index (χ4n) is 3.21. The smallest absolute Gasteiger partial charge is 0.257 e. The van der Waals surface area contributed by atoms with Crippen LogP contribution in [0.4, 0.5) is 5.69 Å². The van der Waals surface area contributed by atoms with Gasteiger partial charge in [-0.3, -0.25) is 9.78 Å². The van der Waals surface area contributed by atoms with Gasteiger partial charge in [0.05, 0.1) is 29.2 Å². The van der Waals surface area contributed by atoms with Gasteiger partial charge in [0.15, 0.2) is 0 Å². The maximum absolute atomic E-state index is 12.7. The average Bonchev–Trinajstić information content (AvgIpc) is 2.75. The van der Waals surface area contributed by atoms with Gasteiger partial charge in [0.1, 0.15) is 17.2 Å². The van der Waals surface area contributed by atoms with Crippen LogP contribution in [0.5, 0.6) is 17.2 Å². The molecule has 6 heteroatoms. The van der Waals surface area contributed by atoms with E-state index in [4.69, 9.17) is 14.2 Å². The van der Waals surface area contributed by atoms with Gasteiger partial charge in [0, 0.05) is 18.4 Å². The number of anilines is 1. The standard InChI is InChI=1S/C26H30N2O4/c1-6-30-19(5)25-15-14-24(18(4)27-25)26(29)28-20-10-12-21(13-11-20)32-23-9-7-8-22(16-23)31-17(2)3/h7-17,19H,6H2,1-5H3,(H,28,29). The molecule has 0 aliphatic rings. The van der Waals surface area contributed by atoms with Crippen molar-refractivity contribution in [1.29, 1.82) is 0 Å². The molecule has 0 saturated heterocycles. The number of benzene rings is 2. The summed E-state index contributed by atoms with van der Waals surface area (Å²) >= 11 is 0. The Bertz CT molecular complexity index is 1050. The lowest BCUT2D eigenvalue weighted by Gasteiger charge is -2.14. The predicted molar refractivity (Wildman–Crippen MR) is 126 cm³/mol. The third-order valence-corrected chi connectivity index (χ3v) is 4.71. The van der Waals surface area contributed by atoms with E-state index in [1.54, 1.807) is 18.2 Å². The van der Waals surface area contributed by atoms with Crippen molar-refractivity contribution in [1.82, 2.24) is 4.98 Å². The van der Waals surface area contributed by atoms with Gasteiger partial charge in [-0.2, -0.15) is 0 Å². The number of carbonyl (C=O) groups is 1. The Morgan fingerprint density at radius 3 is 2.34 bits per heavy atom. The lowest BCUT2D eigenvalue weighted by atomic mass is 10.1. The highest BCUT2D eigenvalue weighted by molar-refractivity contribution is 6.05. The fraction of sp³-hybridized carbons (Fsp3) is 0.308. The minimum Gasteiger partial charge on any atom is -0.491 e. The first-order valence-corrected chi connectivity index (χ1v) is 10.8. The van der Waals surface area contributed by atoms with Crippen LogP contribution in [0.15, 0.2) is 60.7 Å².